The zero-order chi connectivity index (χ0) is 37.8. The third-order valence-corrected chi connectivity index (χ3v) is 5.33. The monoisotopic (exact) mass is 726 g/mol. The summed E-state index contributed by atoms with van der Waals surface area (Å²) in [5.74, 6) is 0. The summed E-state index contributed by atoms with van der Waals surface area (Å²) in [6.45, 7) is 15.4. The molecule has 0 heterocycles. The molecule has 0 bridgehead atoms. The normalized spacial score (nSPS) is 13.9. The van der Waals surface area contributed by atoms with Gasteiger partial charge in [0.25, 0.3) is 0 Å². The predicted octanol–water partition coefficient (Wildman–Crippen LogP) is -0.480. The van der Waals surface area contributed by atoms with Crippen molar-refractivity contribution in [2.75, 3.05) is 126 Å². The Labute approximate surface area is 295 Å². The largest absolute Gasteiger partial charge is 0.394 e. The fourth-order valence-electron chi connectivity index (χ4n) is 2.87. The van der Waals surface area contributed by atoms with Gasteiger partial charge in [-0.25, -0.2) is 0 Å². The van der Waals surface area contributed by atoms with Gasteiger partial charge in [-0.05, 0) is 60.3 Å². The quantitative estimate of drug-likeness (QED) is 0.0409. The first-order valence-electron chi connectivity index (χ1n) is 17.3. The van der Waals surface area contributed by atoms with E-state index in [1.807, 2.05) is 13.8 Å². The fourth-order valence-corrected chi connectivity index (χ4v) is 2.87. The smallest absolute Gasteiger partial charge is 0.0781 e. The maximum Gasteiger partial charge on any atom is 0.0781 e. The molecule has 0 rings (SSSR count). The lowest BCUT2D eigenvalue weighted by atomic mass is 10.3. The van der Waals surface area contributed by atoms with Crippen LogP contribution in [0.25, 0.3) is 0 Å². The Bertz CT molecular complexity index is 539. The van der Waals surface area contributed by atoms with Crippen LogP contribution in [0.1, 0.15) is 60.3 Å². The van der Waals surface area contributed by atoms with Crippen LogP contribution in [0.3, 0.4) is 0 Å². The molecular weight excluding hydrogens is 652 g/mol. The number of aliphatic hydroxyl groups is 8. The Kier molecular flexibility index (Phi) is 55.7. The number of hydrogen-bond acceptors (Lipinski definition) is 16. The molecule has 0 radical (unpaired) electrons. The highest BCUT2D eigenvalue weighted by Crippen LogP contribution is 1.96. The van der Waals surface area contributed by atoms with Crippen LogP contribution in [0.5, 0.6) is 0 Å². The molecule has 0 aliphatic rings. The maximum absolute atomic E-state index is 8.88. The summed E-state index contributed by atoms with van der Waals surface area (Å²) in [6.07, 6.45) is 2.66. The molecule has 302 valence electrons. The Morgan fingerprint density at radius 3 is 1.12 bits per heavy atom. The first kappa shape index (κ1) is 55.1. The van der Waals surface area contributed by atoms with Crippen molar-refractivity contribution in [3.63, 3.8) is 0 Å². The van der Waals surface area contributed by atoms with Gasteiger partial charge in [-0.2, -0.15) is 0 Å². The molecule has 0 aromatic carbocycles. The zero-order valence-electron chi connectivity index (χ0n) is 31.0. The molecule has 0 amide bonds. The molecule has 0 spiro atoms. The van der Waals surface area contributed by atoms with Gasteiger partial charge in [-0.15, -0.1) is 0 Å². The van der Waals surface area contributed by atoms with Gasteiger partial charge >= 0.3 is 0 Å². The molecule has 0 aliphatic carbocycles. The summed E-state index contributed by atoms with van der Waals surface area (Å²) in [6, 6.07) is 0. The molecule has 16 nitrogen and oxygen atoms in total. The minimum Gasteiger partial charge on any atom is -0.394 e. The molecule has 8 N–H and O–H groups in total. The van der Waals surface area contributed by atoms with Crippen molar-refractivity contribution in [2.24, 2.45) is 0 Å². The number of unbranched alkanes of at least 4 members (excludes halogenated alkanes) is 2. The van der Waals surface area contributed by atoms with Gasteiger partial charge in [0.1, 0.15) is 0 Å². The van der Waals surface area contributed by atoms with Gasteiger partial charge in [0.05, 0.1) is 130 Å². The van der Waals surface area contributed by atoms with E-state index in [1.165, 1.54) is 0 Å². The first-order valence-corrected chi connectivity index (χ1v) is 17.3. The summed E-state index contributed by atoms with van der Waals surface area (Å²) in [4.78, 5) is 0. The molecule has 0 saturated carbocycles. The van der Waals surface area contributed by atoms with Crippen LogP contribution >= 0.6 is 0 Å². The highest BCUT2D eigenvalue weighted by molar-refractivity contribution is 4.48. The second-order valence-corrected chi connectivity index (χ2v) is 10.9. The van der Waals surface area contributed by atoms with Crippen LogP contribution in [0.2, 0.25) is 0 Å². The van der Waals surface area contributed by atoms with Gasteiger partial charge in [0.15, 0.2) is 0 Å². The van der Waals surface area contributed by atoms with E-state index in [0.29, 0.717) is 85.9 Å². The minimum atomic E-state index is -0.430. The average molecular weight is 727 g/mol. The van der Waals surface area contributed by atoms with E-state index in [9.17, 15) is 0 Å². The number of rotatable bonds is 32. The van der Waals surface area contributed by atoms with Crippen LogP contribution in [-0.2, 0) is 37.9 Å². The number of hydrogen-bond donors (Lipinski definition) is 8. The zero-order valence-corrected chi connectivity index (χ0v) is 31.0. The molecule has 49 heavy (non-hydrogen) atoms. The second-order valence-electron chi connectivity index (χ2n) is 10.9. The predicted molar refractivity (Wildman–Crippen MR) is 185 cm³/mol. The molecule has 16 heteroatoms. The summed E-state index contributed by atoms with van der Waals surface area (Å²) in [5, 5.41) is 68.4. The Morgan fingerprint density at radius 2 is 0.694 bits per heavy atom. The van der Waals surface area contributed by atoms with E-state index in [4.69, 9.17) is 78.7 Å². The standard InChI is InChI=1S/C10H22O4.2C8H18O4.C7H16O4/c1-9(12)8-13-5-3-4-6-14-10(2)7-11;1-7(10)6-11-3-4-12-8(2)5-9;9-3-7-11-5-1-2-6-12-8-4-10;1-7(11-5-3-9)6-10-4-2-8/h9-12H,3-8H2,1-2H3;7-10H,3-6H2,1-2H3;9-10H,1-8H2;7-9H,2-6H2,1H3. The lowest BCUT2D eigenvalue weighted by molar-refractivity contribution is -0.0253. The molecule has 0 fully saturated rings. The summed E-state index contributed by atoms with van der Waals surface area (Å²) in [5.41, 5.74) is 0. The van der Waals surface area contributed by atoms with Crippen LogP contribution in [0.15, 0.2) is 0 Å². The number of ether oxygens (including phenoxy) is 8. The Balaban J connectivity index is -0.000000277. The third kappa shape index (κ3) is 62.9. The SMILES string of the molecule is CC(COCCO)OCCO.CC(O)COCCCCOC(C)CO.CC(O)COCCOC(C)CO.OCCOCCCCOCCO. The maximum atomic E-state index is 8.88. The second kappa shape index (κ2) is 49.5. The molecule has 0 saturated heterocycles. The van der Waals surface area contributed by atoms with Gasteiger partial charge < -0.3 is 78.7 Å². The molecule has 0 aromatic heterocycles. The van der Waals surface area contributed by atoms with Gasteiger partial charge in [-0.1, -0.05) is 0 Å². The molecule has 5 unspecified atom stereocenters. The lowest BCUT2D eigenvalue weighted by Gasteiger charge is -2.11. The third-order valence-electron chi connectivity index (χ3n) is 5.33. The lowest BCUT2D eigenvalue weighted by Crippen LogP contribution is -2.18. The number of aliphatic hydroxyl groups excluding tert-OH is 8. The molecule has 0 aliphatic heterocycles. The van der Waals surface area contributed by atoms with Crippen molar-refractivity contribution in [3.05, 3.63) is 0 Å². The highest BCUT2D eigenvalue weighted by Gasteiger charge is 2.01. The van der Waals surface area contributed by atoms with E-state index in [-0.39, 0.29) is 64.1 Å². The topological polar surface area (TPSA) is 236 Å². The van der Waals surface area contributed by atoms with Gasteiger partial charge in [0.2, 0.25) is 0 Å². The Morgan fingerprint density at radius 1 is 0.347 bits per heavy atom. The van der Waals surface area contributed by atoms with Crippen molar-refractivity contribution >= 4 is 0 Å². The Hall–Kier alpha value is -0.640. The van der Waals surface area contributed by atoms with Gasteiger partial charge in [0, 0.05) is 26.4 Å². The van der Waals surface area contributed by atoms with E-state index in [1.54, 1.807) is 20.8 Å². The van der Waals surface area contributed by atoms with Gasteiger partial charge in [-0.3, -0.25) is 0 Å². The first-order chi connectivity index (χ1) is 23.6. The van der Waals surface area contributed by atoms with Crippen LogP contribution < -0.4 is 0 Å². The summed E-state index contributed by atoms with van der Waals surface area (Å²) in [7, 11) is 0. The van der Waals surface area contributed by atoms with Crippen molar-refractivity contribution in [3.8, 4) is 0 Å². The van der Waals surface area contributed by atoms with E-state index >= 15 is 0 Å². The average Bonchev–Trinajstić information content (AvgIpc) is 3.08. The van der Waals surface area contributed by atoms with Crippen LogP contribution in [0.4, 0.5) is 0 Å². The molecule has 5 atom stereocenters. The molecule has 0 aromatic rings. The van der Waals surface area contributed by atoms with Crippen molar-refractivity contribution in [1.82, 2.24) is 0 Å². The van der Waals surface area contributed by atoms with Crippen molar-refractivity contribution in [1.29, 1.82) is 0 Å². The van der Waals surface area contributed by atoms with Crippen LogP contribution in [0, 0.1) is 0 Å². The van der Waals surface area contributed by atoms with E-state index in [0.717, 1.165) is 25.7 Å². The highest BCUT2D eigenvalue weighted by atomic mass is 16.5. The summed E-state index contributed by atoms with van der Waals surface area (Å²) >= 11 is 0. The van der Waals surface area contributed by atoms with Crippen molar-refractivity contribution < 1.29 is 78.7 Å². The molecular formula is C33H74O16. The van der Waals surface area contributed by atoms with E-state index < -0.39 is 6.10 Å². The van der Waals surface area contributed by atoms with Crippen molar-refractivity contribution in [2.45, 2.75) is 90.8 Å². The summed E-state index contributed by atoms with van der Waals surface area (Å²) < 4.78 is 40.7. The van der Waals surface area contributed by atoms with E-state index in [2.05, 4.69) is 0 Å². The van der Waals surface area contributed by atoms with Crippen LogP contribution in [-0.4, -0.2) is 197 Å². The fraction of sp³-hybridized carbons (Fsp3) is 1.00. The minimum absolute atomic E-state index is 0.0197.